The topological polar surface area (TPSA) is 113 Å². The van der Waals surface area contributed by atoms with Gasteiger partial charge in [-0.3, -0.25) is 4.79 Å². The molecule has 8 nitrogen and oxygen atoms in total. The Bertz CT molecular complexity index is 882. The molecule has 1 aromatic carbocycles. The van der Waals surface area contributed by atoms with Crippen LogP contribution in [0.25, 0.3) is 0 Å². The SMILES string of the molecule is CCCS(=O)(=O)N1CCC(NC(=O)CCNS(=O)(=O)c2ccccc2Cl)CC1. The Morgan fingerprint density at radius 3 is 2.43 bits per heavy atom. The third-order valence-electron chi connectivity index (χ3n) is 4.44. The molecule has 1 aliphatic rings. The summed E-state index contributed by atoms with van der Waals surface area (Å²) in [5.41, 5.74) is 0. The summed E-state index contributed by atoms with van der Waals surface area (Å²) in [6.07, 6.45) is 1.64. The van der Waals surface area contributed by atoms with Crippen LogP contribution in [0.5, 0.6) is 0 Å². The maximum Gasteiger partial charge on any atom is 0.242 e. The van der Waals surface area contributed by atoms with Crippen molar-refractivity contribution in [2.45, 2.75) is 43.5 Å². The molecule has 0 spiro atoms. The minimum absolute atomic E-state index is 0.0158. The number of sulfonamides is 2. The van der Waals surface area contributed by atoms with Crippen LogP contribution in [0.1, 0.15) is 32.6 Å². The van der Waals surface area contributed by atoms with E-state index in [4.69, 9.17) is 11.6 Å². The maximum absolute atomic E-state index is 12.2. The second kappa shape index (κ2) is 10.0. The number of carbonyl (C=O) groups excluding carboxylic acids is 1. The van der Waals surface area contributed by atoms with Crippen LogP contribution in [0, 0.1) is 0 Å². The first kappa shape index (κ1) is 23.1. The molecule has 1 saturated heterocycles. The molecular weight excluding hydrogens is 426 g/mol. The third-order valence-corrected chi connectivity index (χ3v) is 8.48. The van der Waals surface area contributed by atoms with Crippen molar-refractivity contribution in [2.24, 2.45) is 0 Å². The molecule has 1 heterocycles. The first-order valence-electron chi connectivity index (χ1n) is 9.17. The zero-order chi connectivity index (χ0) is 20.8. The lowest BCUT2D eigenvalue weighted by atomic mass is 10.1. The number of nitrogens with zero attached hydrogens (tertiary/aromatic N) is 1. The molecule has 11 heteroatoms. The normalized spacial score (nSPS) is 16.8. The minimum Gasteiger partial charge on any atom is -0.353 e. The summed E-state index contributed by atoms with van der Waals surface area (Å²) >= 11 is 5.90. The van der Waals surface area contributed by atoms with Crippen LogP contribution >= 0.6 is 11.6 Å². The molecular formula is C17H26ClN3O5S2. The first-order chi connectivity index (χ1) is 13.2. The van der Waals surface area contributed by atoms with Gasteiger partial charge >= 0.3 is 0 Å². The van der Waals surface area contributed by atoms with Crippen molar-refractivity contribution in [3.63, 3.8) is 0 Å². The van der Waals surface area contributed by atoms with E-state index in [2.05, 4.69) is 10.0 Å². The summed E-state index contributed by atoms with van der Waals surface area (Å²) in [7, 11) is -7.00. The third kappa shape index (κ3) is 6.41. The Hall–Kier alpha value is -1.20. The predicted molar refractivity (Wildman–Crippen MR) is 108 cm³/mol. The maximum atomic E-state index is 12.2. The Morgan fingerprint density at radius 1 is 1.18 bits per heavy atom. The number of halogens is 1. The molecule has 1 amide bonds. The van der Waals surface area contributed by atoms with Gasteiger partial charge < -0.3 is 5.32 Å². The summed E-state index contributed by atoms with van der Waals surface area (Å²) in [6, 6.07) is 5.97. The van der Waals surface area contributed by atoms with Crippen molar-refractivity contribution in [2.75, 3.05) is 25.4 Å². The van der Waals surface area contributed by atoms with Gasteiger partial charge in [0.05, 0.1) is 10.8 Å². The summed E-state index contributed by atoms with van der Waals surface area (Å²) in [5.74, 6) is -0.146. The minimum atomic E-state index is -3.78. The van der Waals surface area contributed by atoms with Gasteiger partial charge in [-0.15, -0.1) is 0 Å². The lowest BCUT2D eigenvalue weighted by Gasteiger charge is -2.31. The Morgan fingerprint density at radius 2 is 1.82 bits per heavy atom. The summed E-state index contributed by atoms with van der Waals surface area (Å²) in [4.78, 5) is 12.0. The number of carbonyl (C=O) groups is 1. The molecule has 2 N–H and O–H groups in total. The van der Waals surface area contributed by atoms with Crippen molar-refractivity contribution in [1.29, 1.82) is 0 Å². The van der Waals surface area contributed by atoms with Crippen LogP contribution in [-0.4, -0.2) is 58.5 Å². The molecule has 0 radical (unpaired) electrons. The second-order valence-corrected chi connectivity index (χ2v) is 10.9. The average molecular weight is 452 g/mol. The fraction of sp³-hybridized carbons (Fsp3) is 0.588. The molecule has 1 aromatic rings. The van der Waals surface area contributed by atoms with Gasteiger partial charge in [0.25, 0.3) is 0 Å². The predicted octanol–water partition coefficient (Wildman–Crippen LogP) is 1.33. The molecule has 0 bridgehead atoms. The van der Waals surface area contributed by atoms with Crippen molar-refractivity contribution in [1.82, 2.24) is 14.3 Å². The van der Waals surface area contributed by atoms with Gasteiger partial charge in [-0.25, -0.2) is 25.9 Å². The van der Waals surface area contributed by atoms with Gasteiger partial charge in [0.1, 0.15) is 4.90 Å². The highest BCUT2D eigenvalue weighted by atomic mass is 35.5. The number of hydrogen-bond donors (Lipinski definition) is 2. The monoisotopic (exact) mass is 451 g/mol. The van der Waals surface area contributed by atoms with Crippen LogP contribution in [0.2, 0.25) is 5.02 Å². The van der Waals surface area contributed by atoms with Crippen molar-refractivity contribution < 1.29 is 21.6 Å². The Balaban J connectivity index is 1.76. The van der Waals surface area contributed by atoms with Gasteiger partial charge in [0, 0.05) is 32.1 Å². The van der Waals surface area contributed by atoms with Crippen LogP contribution in [-0.2, 0) is 24.8 Å². The van der Waals surface area contributed by atoms with E-state index in [9.17, 15) is 21.6 Å². The standard InChI is InChI=1S/C17H26ClN3O5S2/c1-2-13-27(23,24)21-11-8-14(9-12-21)20-17(22)7-10-19-28(25,26)16-6-4-3-5-15(16)18/h3-6,14,19H,2,7-13H2,1H3,(H,20,22). The van der Waals surface area contributed by atoms with Gasteiger partial charge in [0.15, 0.2) is 0 Å². The highest BCUT2D eigenvalue weighted by Crippen LogP contribution is 2.20. The molecule has 1 aliphatic heterocycles. The van der Waals surface area contributed by atoms with E-state index in [0.717, 1.165) is 0 Å². The van der Waals surface area contributed by atoms with E-state index in [0.29, 0.717) is 32.4 Å². The van der Waals surface area contributed by atoms with E-state index in [1.165, 1.54) is 16.4 Å². The van der Waals surface area contributed by atoms with E-state index in [1.807, 2.05) is 6.92 Å². The highest BCUT2D eigenvalue weighted by molar-refractivity contribution is 7.89. The quantitative estimate of drug-likeness (QED) is 0.588. The molecule has 158 valence electrons. The average Bonchev–Trinajstić information content (AvgIpc) is 2.62. The van der Waals surface area contributed by atoms with Gasteiger partial charge in [-0.05, 0) is 31.4 Å². The Kier molecular flexibility index (Phi) is 8.26. The molecule has 0 unspecified atom stereocenters. The van der Waals surface area contributed by atoms with Gasteiger partial charge in [-0.1, -0.05) is 30.7 Å². The lowest BCUT2D eigenvalue weighted by molar-refractivity contribution is -0.121. The van der Waals surface area contributed by atoms with Crippen LogP contribution in [0.15, 0.2) is 29.2 Å². The van der Waals surface area contributed by atoms with Crippen LogP contribution < -0.4 is 10.0 Å². The number of amides is 1. The molecule has 0 saturated carbocycles. The highest BCUT2D eigenvalue weighted by Gasteiger charge is 2.28. The van der Waals surface area contributed by atoms with E-state index in [-0.39, 0.29) is 40.6 Å². The number of benzene rings is 1. The fourth-order valence-corrected chi connectivity index (χ4v) is 6.10. The largest absolute Gasteiger partial charge is 0.353 e. The second-order valence-electron chi connectivity index (χ2n) is 6.64. The first-order valence-corrected chi connectivity index (χ1v) is 12.6. The Labute approximate surface area is 171 Å². The van der Waals surface area contributed by atoms with E-state index < -0.39 is 20.0 Å². The molecule has 2 rings (SSSR count). The molecule has 1 fully saturated rings. The number of nitrogens with one attached hydrogen (secondary N) is 2. The van der Waals surface area contributed by atoms with E-state index >= 15 is 0 Å². The number of hydrogen-bond acceptors (Lipinski definition) is 5. The zero-order valence-electron chi connectivity index (χ0n) is 15.7. The molecule has 0 aromatic heterocycles. The lowest BCUT2D eigenvalue weighted by Crippen LogP contribution is -2.47. The summed E-state index contributed by atoms with van der Waals surface area (Å²) < 4.78 is 52.4. The molecule has 28 heavy (non-hydrogen) atoms. The molecule has 0 aliphatic carbocycles. The van der Waals surface area contributed by atoms with Crippen LogP contribution in [0.4, 0.5) is 0 Å². The summed E-state index contributed by atoms with van der Waals surface area (Å²) in [6.45, 7) is 2.53. The smallest absolute Gasteiger partial charge is 0.242 e. The van der Waals surface area contributed by atoms with Gasteiger partial charge in [0.2, 0.25) is 26.0 Å². The van der Waals surface area contributed by atoms with E-state index in [1.54, 1.807) is 12.1 Å². The molecule has 0 atom stereocenters. The zero-order valence-corrected chi connectivity index (χ0v) is 18.1. The van der Waals surface area contributed by atoms with Gasteiger partial charge in [-0.2, -0.15) is 0 Å². The fourth-order valence-electron chi connectivity index (χ4n) is 3.00. The van der Waals surface area contributed by atoms with Crippen molar-refractivity contribution in [3.05, 3.63) is 29.3 Å². The van der Waals surface area contributed by atoms with Crippen LogP contribution in [0.3, 0.4) is 0 Å². The van der Waals surface area contributed by atoms with Crippen molar-refractivity contribution in [3.8, 4) is 0 Å². The summed E-state index contributed by atoms with van der Waals surface area (Å²) in [5, 5.41) is 2.95. The number of rotatable bonds is 9. The van der Waals surface area contributed by atoms with Crippen molar-refractivity contribution >= 4 is 37.6 Å². The number of piperidine rings is 1.